The molecule has 0 aliphatic carbocycles. The largest absolute Gasteiger partial charge is 0.378 e. The van der Waals surface area contributed by atoms with Crippen molar-refractivity contribution in [3.05, 3.63) is 23.3 Å². The van der Waals surface area contributed by atoms with Crippen molar-refractivity contribution >= 4 is 5.91 Å². The number of nitrogens with zero attached hydrogens (tertiary/aromatic N) is 2. The summed E-state index contributed by atoms with van der Waals surface area (Å²) >= 11 is 0. The molecule has 0 aromatic carbocycles. The molecule has 1 aliphatic rings. The molecule has 2 heterocycles. The van der Waals surface area contributed by atoms with E-state index in [0.717, 1.165) is 31.6 Å². The summed E-state index contributed by atoms with van der Waals surface area (Å²) in [6, 6.07) is 1.72. The number of hydrogen-bond donors (Lipinski definition) is 1. The maximum atomic E-state index is 11.9. The second kappa shape index (κ2) is 7.33. The number of unbranched alkanes of at least 4 members (excludes halogenated alkanes) is 1. The molecule has 20 heavy (non-hydrogen) atoms. The fourth-order valence-electron chi connectivity index (χ4n) is 2.49. The van der Waals surface area contributed by atoms with E-state index in [1.165, 1.54) is 12.8 Å². The molecule has 0 spiro atoms. The van der Waals surface area contributed by atoms with E-state index in [2.05, 4.69) is 15.3 Å². The van der Waals surface area contributed by atoms with E-state index in [1.807, 2.05) is 6.92 Å². The summed E-state index contributed by atoms with van der Waals surface area (Å²) in [6.45, 7) is 5.26. The van der Waals surface area contributed by atoms with Gasteiger partial charge in [0, 0.05) is 18.8 Å². The van der Waals surface area contributed by atoms with E-state index in [-0.39, 0.29) is 5.91 Å². The van der Waals surface area contributed by atoms with Gasteiger partial charge in [-0.25, -0.2) is 9.97 Å². The first kappa shape index (κ1) is 14.9. The van der Waals surface area contributed by atoms with Crippen molar-refractivity contribution in [3.63, 3.8) is 0 Å². The van der Waals surface area contributed by atoms with Crippen LogP contribution in [0, 0.1) is 13.8 Å². The monoisotopic (exact) mass is 277 g/mol. The van der Waals surface area contributed by atoms with Crippen molar-refractivity contribution in [3.8, 4) is 0 Å². The lowest BCUT2D eigenvalue weighted by Crippen LogP contribution is -2.26. The second-order valence-corrected chi connectivity index (χ2v) is 5.33. The third-order valence-electron chi connectivity index (χ3n) is 3.46. The average molecular weight is 277 g/mol. The Balaban J connectivity index is 1.66. The van der Waals surface area contributed by atoms with Gasteiger partial charge in [-0.15, -0.1) is 0 Å². The van der Waals surface area contributed by atoms with Crippen LogP contribution in [0.4, 0.5) is 0 Å². The highest BCUT2D eigenvalue weighted by Crippen LogP contribution is 2.17. The number of hydrogen-bond acceptors (Lipinski definition) is 4. The minimum Gasteiger partial charge on any atom is -0.378 e. The normalized spacial score (nSPS) is 18.2. The van der Waals surface area contributed by atoms with Crippen LogP contribution in [0.25, 0.3) is 0 Å². The van der Waals surface area contributed by atoms with E-state index < -0.39 is 0 Å². The molecular formula is C15H23N3O2. The molecule has 1 aromatic rings. The summed E-state index contributed by atoms with van der Waals surface area (Å²) in [5, 5.41) is 2.91. The molecule has 1 aromatic heterocycles. The van der Waals surface area contributed by atoms with E-state index >= 15 is 0 Å². The molecule has 0 bridgehead atoms. The molecular weight excluding hydrogens is 254 g/mol. The Kier molecular flexibility index (Phi) is 5.47. The minimum absolute atomic E-state index is 0.115. The molecule has 5 nitrogen and oxygen atoms in total. The number of carbonyl (C=O) groups excluding carboxylic acids is 1. The predicted molar refractivity (Wildman–Crippen MR) is 76.7 cm³/mol. The number of carbonyl (C=O) groups is 1. The number of aryl methyl sites for hydroxylation is 2. The Labute approximate surface area is 120 Å². The van der Waals surface area contributed by atoms with Gasteiger partial charge in [0.1, 0.15) is 11.5 Å². The predicted octanol–water partition coefficient (Wildman–Crippen LogP) is 2.17. The number of rotatable bonds is 6. The first-order chi connectivity index (χ1) is 9.65. The molecule has 1 aliphatic heterocycles. The van der Waals surface area contributed by atoms with Crippen LogP contribution in [-0.2, 0) is 4.74 Å². The van der Waals surface area contributed by atoms with Crippen LogP contribution in [0.15, 0.2) is 6.07 Å². The molecule has 0 unspecified atom stereocenters. The highest BCUT2D eigenvalue weighted by molar-refractivity contribution is 5.92. The molecule has 2 rings (SSSR count). The number of aromatic nitrogens is 2. The van der Waals surface area contributed by atoms with Crippen LogP contribution in [0.5, 0.6) is 0 Å². The van der Waals surface area contributed by atoms with Gasteiger partial charge in [-0.05, 0) is 52.0 Å². The maximum Gasteiger partial charge on any atom is 0.270 e. The first-order valence-electron chi connectivity index (χ1n) is 7.37. The summed E-state index contributed by atoms with van der Waals surface area (Å²) in [7, 11) is 0. The van der Waals surface area contributed by atoms with Crippen LogP contribution in [0.2, 0.25) is 0 Å². The van der Waals surface area contributed by atoms with Gasteiger partial charge in [0.15, 0.2) is 0 Å². The number of nitrogens with one attached hydrogen (secondary N) is 1. The van der Waals surface area contributed by atoms with Gasteiger partial charge in [-0.2, -0.15) is 0 Å². The lowest BCUT2D eigenvalue weighted by atomic mass is 10.1. The Morgan fingerprint density at radius 3 is 2.95 bits per heavy atom. The lowest BCUT2D eigenvalue weighted by Gasteiger charge is -2.09. The Bertz CT molecular complexity index is 436. The molecule has 1 saturated heterocycles. The fourth-order valence-corrected chi connectivity index (χ4v) is 2.49. The molecule has 1 atom stereocenters. The Morgan fingerprint density at radius 1 is 1.40 bits per heavy atom. The molecule has 1 fully saturated rings. The minimum atomic E-state index is -0.115. The van der Waals surface area contributed by atoms with Gasteiger partial charge in [-0.1, -0.05) is 0 Å². The van der Waals surface area contributed by atoms with Crippen molar-refractivity contribution in [1.29, 1.82) is 0 Å². The summed E-state index contributed by atoms with van der Waals surface area (Å²) in [6.07, 6.45) is 5.99. The Morgan fingerprint density at radius 2 is 2.25 bits per heavy atom. The van der Waals surface area contributed by atoms with Crippen molar-refractivity contribution in [2.24, 2.45) is 0 Å². The van der Waals surface area contributed by atoms with Gasteiger partial charge in [-0.3, -0.25) is 4.79 Å². The van der Waals surface area contributed by atoms with E-state index in [9.17, 15) is 4.79 Å². The summed E-state index contributed by atoms with van der Waals surface area (Å²) < 4.78 is 5.57. The van der Waals surface area contributed by atoms with Crippen molar-refractivity contribution in [2.75, 3.05) is 13.2 Å². The molecule has 1 amide bonds. The quantitative estimate of drug-likeness (QED) is 0.809. The van der Waals surface area contributed by atoms with Crippen molar-refractivity contribution in [1.82, 2.24) is 15.3 Å². The standard InChI is InChI=1S/C15H23N3O2/c1-11-10-14(18-12(2)17-11)15(19)16-8-4-3-6-13-7-5-9-20-13/h10,13H,3-9H2,1-2H3,(H,16,19)/t13-/m0/s1. The van der Waals surface area contributed by atoms with Crippen LogP contribution in [-0.4, -0.2) is 35.1 Å². The van der Waals surface area contributed by atoms with Crippen LogP contribution in [0.1, 0.15) is 54.1 Å². The maximum absolute atomic E-state index is 11.9. The molecule has 110 valence electrons. The average Bonchev–Trinajstić information content (AvgIpc) is 2.90. The zero-order valence-corrected chi connectivity index (χ0v) is 12.3. The second-order valence-electron chi connectivity index (χ2n) is 5.33. The van der Waals surface area contributed by atoms with E-state index in [1.54, 1.807) is 13.0 Å². The fraction of sp³-hybridized carbons (Fsp3) is 0.667. The molecule has 1 N–H and O–H groups in total. The summed E-state index contributed by atoms with van der Waals surface area (Å²) in [4.78, 5) is 20.3. The van der Waals surface area contributed by atoms with Gasteiger partial charge >= 0.3 is 0 Å². The topological polar surface area (TPSA) is 64.1 Å². The highest BCUT2D eigenvalue weighted by Gasteiger charge is 2.14. The summed E-state index contributed by atoms with van der Waals surface area (Å²) in [5.74, 6) is 0.518. The number of amides is 1. The van der Waals surface area contributed by atoms with Crippen LogP contribution < -0.4 is 5.32 Å². The number of ether oxygens (including phenoxy) is 1. The SMILES string of the molecule is Cc1cc(C(=O)NCCCC[C@H]2CCCO2)nc(C)n1. The van der Waals surface area contributed by atoms with Crippen LogP contribution >= 0.6 is 0 Å². The van der Waals surface area contributed by atoms with Crippen LogP contribution in [0.3, 0.4) is 0 Å². The van der Waals surface area contributed by atoms with Gasteiger partial charge in [0.25, 0.3) is 5.91 Å². The third kappa shape index (κ3) is 4.56. The first-order valence-corrected chi connectivity index (χ1v) is 7.37. The zero-order valence-electron chi connectivity index (χ0n) is 12.3. The van der Waals surface area contributed by atoms with E-state index in [4.69, 9.17) is 4.74 Å². The van der Waals surface area contributed by atoms with E-state index in [0.29, 0.717) is 24.2 Å². The molecule has 5 heteroatoms. The molecule has 0 radical (unpaired) electrons. The smallest absolute Gasteiger partial charge is 0.270 e. The highest BCUT2D eigenvalue weighted by atomic mass is 16.5. The third-order valence-corrected chi connectivity index (χ3v) is 3.46. The Hall–Kier alpha value is -1.49. The zero-order chi connectivity index (χ0) is 14.4. The molecule has 0 saturated carbocycles. The van der Waals surface area contributed by atoms with Crippen molar-refractivity contribution in [2.45, 2.75) is 52.1 Å². The van der Waals surface area contributed by atoms with Crippen molar-refractivity contribution < 1.29 is 9.53 Å². The van der Waals surface area contributed by atoms with Gasteiger partial charge in [0.05, 0.1) is 6.10 Å². The van der Waals surface area contributed by atoms with Gasteiger partial charge < -0.3 is 10.1 Å². The van der Waals surface area contributed by atoms with Gasteiger partial charge in [0.2, 0.25) is 0 Å². The lowest BCUT2D eigenvalue weighted by molar-refractivity contribution is 0.0942. The summed E-state index contributed by atoms with van der Waals surface area (Å²) in [5.41, 5.74) is 1.27.